The molecule has 1 aromatic carbocycles. The van der Waals surface area contributed by atoms with Crippen molar-refractivity contribution in [3.8, 4) is 5.75 Å². The van der Waals surface area contributed by atoms with Gasteiger partial charge in [0.05, 0.1) is 12.8 Å². The number of hydrogen-bond donors (Lipinski definition) is 1. The highest BCUT2D eigenvalue weighted by Crippen LogP contribution is 2.24. The summed E-state index contributed by atoms with van der Waals surface area (Å²) in [7, 11) is 6.39. The zero-order valence-electron chi connectivity index (χ0n) is 10.0. The van der Waals surface area contributed by atoms with E-state index in [1.807, 2.05) is 25.1 Å². The van der Waals surface area contributed by atoms with Crippen LogP contribution in [-0.2, 0) is 13.1 Å². The highest BCUT2D eigenvalue weighted by Gasteiger charge is 2.03. The Bertz CT molecular complexity index is 509. The summed E-state index contributed by atoms with van der Waals surface area (Å²) in [5, 5.41) is 2.70. The Morgan fingerprint density at radius 3 is 2.22 bits per heavy atom. The molecule has 1 rings (SSSR count). The van der Waals surface area contributed by atoms with Crippen LogP contribution in [0.1, 0.15) is 12.5 Å². The second-order valence-electron chi connectivity index (χ2n) is 3.26. The topological polar surface area (TPSA) is 72.5 Å². The Balaban J connectivity index is 0.000000494. The predicted molar refractivity (Wildman–Crippen MR) is 72.7 cm³/mol. The Kier molecular flexibility index (Phi) is 7.05. The van der Waals surface area contributed by atoms with E-state index < -0.39 is 8.26 Å². The molecule has 0 aliphatic rings. The van der Waals surface area contributed by atoms with E-state index in [9.17, 15) is 4.79 Å². The van der Waals surface area contributed by atoms with Gasteiger partial charge in [-0.3, -0.25) is 4.79 Å². The Hall–Kier alpha value is -0.980. The number of hydrogen-bond acceptors (Lipinski definition) is 4. The van der Waals surface area contributed by atoms with E-state index in [1.165, 1.54) is 6.92 Å². The summed E-state index contributed by atoms with van der Waals surface area (Å²) in [6, 6.07) is 5.64. The molecule has 0 spiro atoms. The number of methoxy groups -OCH3 is 1. The molecule has 0 aromatic heterocycles. The summed E-state index contributed by atoms with van der Waals surface area (Å²) in [4.78, 5) is 10.8. The first-order valence-corrected chi connectivity index (χ1v) is 7.83. The fourth-order valence-electron chi connectivity index (χ4n) is 1.11. The predicted octanol–water partition coefficient (Wildman–Crippen LogP) is 2.67. The van der Waals surface area contributed by atoms with Gasteiger partial charge >= 0.3 is 8.26 Å². The summed E-state index contributed by atoms with van der Waals surface area (Å²) >= 11 is 0. The molecule has 0 bridgehead atoms. The fourth-order valence-corrected chi connectivity index (χ4v) is 1.11. The molecule has 0 unspecified atom stereocenters. The molecule has 18 heavy (non-hydrogen) atoms. The van der Waals surface area contributed by atoms with Crippen molar-refractivity contribution < 1.29 is 17.9 Å². The maximum atomic E-state index is 10.8. The van der Waals surface area contributed by atoms with Gasteiger partial charge in [-0.1, -0.05) is 6.07 Å². The van der Waals surface area contributed by atoms with E-state index >= 15 is 0 Å². The van der Waals surface area contributed by atoms with Crippen LogP contribution >= 0.6 is 21.4 Å². The van der Waals surface area contributed by atoms with Gasteiger partial charge in [-0.05, 0) is 24.6 Å². The first-order valence-electron chi connectivity index (χ1n) is 4.70. The molecule has 8 heteroatoms. The lowest BCUT2D eigenvalue weighted by atomic mass is 10.2. The quantitative estimate of drug-likeness (QED) is 0.852. The van der Waals surface area contributed by atoms with Crippen molar-refractivity contribution in [2.24, 2.45) is 0 Å². The average Bonchev–Trinajstić information content (AvgIpc) is 2.14. The number of carbonyl (C=O) groups is 1. The molecule has 0 aliphatic heterocycles. The molecule has 1 N–H and O–H groups in total. The lowest BCUT2D eigenvalue weighted by molar-refractivity contribution is -0.114. The second-order valence-corrected chi connectivity index (χ2v) is 6.93. The van der Waals surface area contributed by atoms with Gasteiger partial charge in [0.25, 0.3) is 0 Å². The van der Waals surface area contributed by atoms with Crippen molar-refractivity contribution in [3.63, 3.8) is 0 Å². The van der Waals surface area contributed by atoms with Gasteiger partial charge < -0.3 is 10.1 Å². The monoisotopic (exact) mass is 313 g/mol. The van der Waals surface area contributed by atoms with Crippen LogP contribution in [0.25, 0.3) is 0 Å². The van der Waals surface area contributed by atoms with E-state index in [4.69, 9.17) is 13.2 Å². The Morgan fingerprint density at radius 1 is 1.33 bits per heavy atom. The van der Waals surface area contributed by atoms with E-state index in [1.54, 1.807) is 7.11 Å². The average molecular weight is 314 g/mol. The largest absolute Gasteiger partial charge is 0.495 e. The molecule has 1 aromatic rings. The first kappa shape index (κ1) is 17.0. The summed E-state index contributed by atoms with van der Waals surface area (Å²) < 4.78 is 23.4. The van der Waals surface area contributed by atoms with Crippen molar-refractivity contribution in [1.29, 1.82) is 0 Å². The highest BCUT2D eigenvalue weighted by atomic mass is 36.0. The van der Waals surface area contributed by atoms with Crippen molar-refractivity contribution in [3.05, 3.63) is 23.8 Å². The fraction of sp³-hybridized carbons (Fsp3) is 0.300. The number of rotatable bonds is 2. The highest BCUT2D eigenvalue weighted by molar-refractivity contribution is 8.31. The summed E-state index contributed by atoms with van der Waals surface area (Å²) in [5.74, 6) is 0.588. The number of benzene rings is 1. The molecular weight excluding hydrogens is 301 g/mol. The Morgan fingerprint density at radius 2 is 1.83 bits per heavy atom. The molecule has 102 valence electrons. The summed E-state index contributed by atoms with van der Waals surface area (Å²) in [6.45, 7) is 3.44. The van der Waals surface area contributed by atoms with Gasteiger partial charge in [0.2, 0.25) is 5.91 Å². The molecule has 0 fully saturated rings. The van der Waals surface area contributed by atoms with Crippen LogP contribution in [0.15, 0.2) is 18.2 Å². The molecule has 5 nitrogen and oxygen atoms in total. The zero-order valence-corrected chi connectivity index (χ0v) is 12.4. The van der Waals surface area contributed by atoms with Crippen molar-refractivity contribution in [1.82, 2.24) is 0 Å². The minimum Gasteiger partial charge on any atom is -0.495 e. The molecule has 0 aliphatic carbocycles. The smallest absolute Gasteiger partial charge is 0.317 e. The molecule has 0 saturated heterocycles. The van der Waals surface area contributed by atoms with E-state index in [-0.39, 0.29) is 5.91 Å². The van der Waals surface area contributed by atoms with Gasteiger partial charge in [-0.25, -0.2) is 0 Å². The van der Waals surface area contributed by atoms with Crippen LogP contribution in [0.3, 0.4) is 0 Å². The van der Waals surface area contributed by atoms with Gasteiger partial charge in [0.1, 0.15) is 5.75 Å². The zero-order chi connectivity index (χ0) is 14.3. The van der Waals surface area contributed by atoms with E-state index in [2.05, 4.69) is 26.7 Å². The number of carbonyl (C=O) groups excluding carboxylic acids is 1. The van der Waals surface area contributed by atoms with Crippen molar-refractivity contribution >= 4 is 41.2 Å². The third-order valence-corrected chi connectivity index (χ3v) is 1.67. The molecule has 0 heterocycles. The maximum Gasteiger partial charge on any atom is 0.317 e. The second kappa shape index (κ2) is 7.45. The number of anilines is 1. The van der Waals surface area contributed by atoms with Crippen molar-refractivity contribution in [2.75, 3.05) is 12.4 Å². The minimum atomic E-state index is -3.72. The van der Waals surface area contributed by atoms with Gasteiger partial charge in [-0.15, -0.1) is 0 Å². The number of halogens is 2. The molecule has 0 radical (unpaired) electrons. The SMILES string of the molecule is COc1ccc(C)cc1NC(C)=O.O=S(=O)(Cl)Cl. The van der Waals surface area contributed by atoms with Crippen LogP contribution in [0.4, 0.5) is 5.69 Å². The van der Waals surface area contributed by atoms with Crippen LogP contribution < -0.4 is 10.1 Å². The summed E-state index contributed by atoms with van der Waals surface area (Å²) in [6.07, 6.45) is 0. The van der Waals surface area contributed by atoms with Gasteiger partial charge in [-0.2, -0.15) is 8.42 Å². The van der Waals surface area contributed by atoms with Crippen LogP contribution in [0, 0.1) is 6.92 Å². The van der Waals surface area contributed by atoms with Crippen LogP contribution in [0.2, 0.25) is 0 Å². The normalized spacial score (nSPS) is 10.1. The number of amides is 1. The van der Waals surface area contributed by atoms with Crippen LogP contribution in [0.5, 0.6) is 5.75 Å². The standard InChI is InChI=1S/C10H13NO2.Cl2O2S/c1-7-4-5-10(13-3)9(6-7)11-8(2)12;1-5(2,3)4/h4-6H,1-3H3,(H,11,12);. The molecular formula is C10H13Cl2NO4S. The third kappa shape index (κ3) is 9.09. The van der Waals surface area contributed by atoms with E-state index in [0.717, 1.165) is 11.3 Å². The summed E-state index contributed by atoms with van der Waals surface area (Å²) in [5.41, 5.74) is 1.81. The first-order chi connectivity index (χ1) is 8.13. The van der Waals surface area contributed by atoms with Crippen LogP contribution in [-0.4, -0.2) is 21.4 Å². The van der Waals surface area contributed by atoms with E-state index in [0.29, 0.717) is 5.75 Å². The van der Waals surface area contributed by atoms with Gasteiger partial charge in [0.15, 0.2) is 0 Å². The number of nitrogens with one attached hydrogen (secondary N) is 1. The maximum absolute atomic E-state index is 10.8. The van der Waals surface area contributed by atoms with Gasteiger partial charge in [0, 0.05) is 28.3 Å². The molecule has 0 atom stereocenters. The lowest BCUT2D eigenvalue weighted by Crippen LogP contribution is -2.07. The third-order valence-electron chi connectivity index (χ3n) is 1.67. The molecule has 1 amide bonds. The van der Waals surface area contributed by atoms with Crippen molar-refractivity contribution in [2.45, 2.75) is 13.8 Å². The lowest BCUT2D eigenvalue weighted by Gasteiger charge is -2.08. The Labute approximate surface area is 115 Å². The minimum absolute atomic E-state index is 0.0936. The number of aryl methyl sites for hydroxylation is 1. The molecule has 0 saturated carbocycles. The number of ether oxygens (including phenoxy) is 1.